The minimum absolute atomic E-state index is 0.00498. The van der Waals surface area contributed by atoms with Gasteiger partial charge in [-0.1, -0.05) is 142 Å². The number of ether oxygens (including phenoxy) is 4. The molecule has 5 rings (SSSR count). The minimum Gasteiger partial charge on any atom is -0.408 e. The molecule has 1 aliphatic rings. The highest BCUT2D eigenvalue weighted by Crippen LogP contribution is 2.43. The molecule has 4 aromatic rings. The molecule has 0 N–H and O–H groups in total. The lowest BCUT2D eigenvalue weighted by Crippen LogP contribution is -2.63. The van der Waals surface area contributed by atoms with Crippen LogP contribution in [0.1, 0.15) is 37.5 Å². The summed E-state index contributed by atoms with van der Waals surface area (Å²) in [5, 5.41) is -0.00498. The summed E-state index contributed by atoms with van der Waals surface area (Å²) in [6, 6.07) is 41.2. The van der Waals surface area contributed by atoms with Crippen LogP contribution in [0.2, 0.25) is 18.1 Å². The first-order chi connectivity index (χ1) is 22.2. The van der Waals surface area contributed by atoms with Crippen molar-refractivity contribution in [2.75, 3.05) is 6.61 Å². The number of rotatable bonds is 14. The second kappa shape index (κ2) is 16.4. The Kier molecular flexibility index (Phi) is 12.3. The van der Waals surface area contributed by atoms with Gasteiger partial charge in [0.05, 0.1) is 26.4 Å². The van der Waals surface area contributed by atoms with Gasteiger partial charge in [0.2, 0.25) is 0 Å². The van der Waals surface area contributed by atoms with E-state index in [0.29, 0.717) is 26.4 Å². The van der Waals surface area contributed by atoms with Crippen LogP contribution in [0.25, 0.3) is 0 Å². The fourth-order valence-electron chi connectivity index (χ4n) is 5.17. The number of hydrogen-bond acceptors (Lipinski definition) is 6. The zero-order chi connectivity index (χ0) is 32.4. The normalized spacial score (nSPS) is 22.1. The average molecular weight is 657 g/mol. The van der Waals surface area contributed by atoms with Crippen molar-refractivity contribution in [3.8, 4) is 0 Å². The summed E-state index contributed by atoms with van der Waals surface area (Å²) in [4.78, 5) is 1.12. The second-order valence-electron chi connectivity index (χ2n) is 13.3. The van der Waals surface area contributed by atoms with Gasteiger partial charge in [-0.3, -0.25) is 0 Å². The third kappa shape index (κ3) is 9.64. The Morgan fingerprint density at radius 3 is 1.57 bits per heavy atom. The van der Waals surface area contributed by atoms with Gasteiger partial charge in [0.25, 0.3) is 0 Å². The zero-order valence-corrected chi connectivity index (χ0v) is 29.5. The summed E-state index contributed by atoms with van der Waals surface area (Å²) in [6.07, 6.45) is -1.59. The van der Waals surface area contributed by atoms with Crippen LogP contribution in [0.5, 0.6) is 0 Å². The van der Waals surface area contributed by atoms with Gasteiger partial charge in [-0.25, -0.2) is 0 Å². The monoisotopic (exact) mass is 656 g/mol. The van der Waals surface area contributed by atoms with Crippen LogP contribution in [-0.4, -0.2) is 44.8 Å². The molecule has 0 spiro atoms. The molecule has 5 atom stereocenters. The summed E-state index contributed by atoms with van der Waals surface area (Å²) in [7, 11) is -2.27. The van der Waals surface area contributed by atoms with Crippen molar-refractivity contribution in [3.05, 3.63) is 138 Å². The van der Waals surface area contributed by atoms with Crippen molar-refractivity contribution < 1.29 is 23.4 Å². The molecule has 5 nitrogen and oxygen atoms in total. The molecule has 1 aliphatic heterocycles. The van der Waals surface area contributed by atoms with E-state index in [2.05, 4.69) is 94.5 Å². The van der Waals surface area contributed by atoms with E-state index in [-0.39, 0.29) is 22.7 Å². The van der Waals surface area contributed by atoms with Crippen LogP contribution in [0.4, 0.5) is 0 Å². The SMILES string of the molecule is CC(C)(C)[Si](C)(C)OC1C(Sc2ccccc2)OC(COCc2ccccc2)C(OCc2ccccc2)C1OCc1ccccc1. The Morgan fingerprint density at radius 1 is 0.609 bits per heavy atom. The third-order valence-electron chi connectivity index (χ3n) is 8.79. The topological polar surface area (TPSA) is 46.2 Å². The number of hydrogen-bond donors (Lipinski definition) is 0. The first-order valence-electron chi connectivity index (χ1n) is 16.2. The van der Waals surface area contributed by atoms with Crippen LogP contribution in [0, 0.1) is 0 Å². The maximum atomic E-state index is 7.28. The highest BCUT2D eigenvalue weighted by molar-refractivity contribution is 7.99. The maximum Gasteiger partial charge on any atom is 0.192 e. The first-order valence-corrected chi connectivity index (χ1v) is 20.0. The Balaban J connectivity index is 1.50. The molecule has 5 unspecified atom stereocenters. The van der Waals surface area contributed by atoms with E-state index in [4.69, 9.17) is 23.4 Å². The Morgan fingerprint density at radius 2 is 1.07 bits per heavy atom. The molecule has 0 aliphatic carbocycles. The van der Waals surface area contributed by atoms with Crippen molar-refractivity contribution in [3.63, 3.8) is 0 Å². The van der Waals surface area contributed by atoms with Crippen molar-refractivity contribution >= 4 is 20.1 Å². The van der Waals surface area contributed by atoms with E-state index in [1.807, 2.05) is 60.7 Å². The summed E-state index contributed by atoms with van der Waals surface area (Å²) >= 11 is 1.68. The summed E-state index contributed by atoms with van der Waals surface area (Å²) in [6.45, 7) is 13.1. The van der Waals surface area contributed by atoms with E-state index in [1.54, 1.807) is 11.8 Å². The predicted octanol–water partition coefficient (Wildman–Crippen LogP) is 9.28. The van der Waals surface area contributed by atoms with Crippen LogP contribution < -0.4 is 0 Å². The maximum absolute atomic E-state index is 7.28. The van der Waals surface area contributed by atoms with Crippen molar-refractivity contribution in [2.45, 2.75) is 93.5 Å². The molecule has 0 radical (unpaired) electrons. The van der Waals surface area contributed by atoms with Crippen LogP contribution in [-0.2, 0) is 43.2 Å². The van der Waals surface area contributed by atoms with E-state index in [1.165, 1.54) is 0 Å². The van der Waals surface area contributed by atoms with Gasteiger partial charge >= 0.3 is 0 Å². The fraction of sp³-hybridized carbons (Fsp3) is 0.385. The quantitative estimate of drug-likeness (QED) is 0.126. The highest BCUT2D eigenvalue weighted by atomic mass is 32.2. The predicted molar refractivity (Wildman–Crippen MR) is 189 cm³/mol. The Labute approximate surface area is 280 Å². The molecular weight excluding hydrogens is 609 g/mol. The van der Waals surface area contributed by atoms with Gasteiger partial charge in [-0.15, -0.1) is 0 Å². The fourth-order valence-corrected chi connectivity index (χ4v) is 7.69. The molecule has 7 heteroatoms. The second-order valence-corrected chi connectivity index (χ2v) is 19.3. The largest absolute Gasteiger partial charge is 0.408 e. The first kappa shape index (κ1) is 34.6. The van der Waals surface area contributed by atoms with Crippen molar-refractivity contribution in [1.82, 2.24) is 0 Å². The molecule has 1 saturated heterocycles. The average Bonchev–Trinajstić information content (AvgIpc) is 3.06. The van der Waals surface area contributed by atoms with E-state index in [9.17, 15) is 0 Å². The zero-order valence-electron chi connectivity index (χ0n) is 27.7. The lowest BCUT2D eigenvalue weighted by molar-refractivity contribution is -0.239. The van der Waals surface area contributed by atoms with Gasteiger partial charge in [-0.2, -0.15) is 0 Å². The summed E-state index contributed by atoms with van der Waals surface area (Å²) < 4.78 is 34.4. The van der Waals surface area contributed by atoms with Crippen LogP contribution in [0.3, 0.4) is 0 Å². The van der Waals surface area contributed by atoms with Gasteiger partial charge < -0.3 is 23.4 Å². The van der Waals surface area contributed by atoms with Gasteiger partial charge in [-0.05, 0) is 47.0 Å². The van der Waals surface area contributed by atoms with Crippen molar-refractivity contribution in [1.29, 1.82) is 0 Å². The Hall–Kier alpha value is -2.75. The molecule has 0 saturated carbocycles. The van der Waals surface area contributed by atoms with Gasteiger partial charge in [0.15, 0.2) is 8.32 Å². The molecular formula is C39H48O5SSi. The van der Waals surface area contributed by atoms with Crippen LogP contribution in [0.15, 0.2) is 126 Å². The van der Waals surface area contributed by atoms with Crippen LogP contribution >= 0.6 is 11.8 Å². The lowest BCUT2D eigenvalue weighted by Gasteiger charge is -2.50. The van der Waals surface area contributed by atoms with Crippen molar-refractivity contribution in [2.24, 2.45) is 0 Å². The van der Waals surface area contributed by atoms with Gasteiger partial charge in [0, 0.05) is 4.90 Å². The molecule has 0 amide bonds. The smallest absolute Gasteiger partial charge is 0.192 e. The molecule has 1 fully saturated rings. The standard InChI is InChI=1S/C39H48O5SSi/c1-39(2,3)46(4,5)44-37-36(42-28-32-22-14-8-15-23-32)35(41-27-31-20-12-7-13-21-31)34(29-40-26-30-18-10-6-11-19-30)43-38(37)45-33-24-16-9-17-25-33/h6-25,34-38H,26-29H2,1-5H3. The van der Waals surface area contributed by atoms with Gasteiger partial charge in [0.1, 0.15) is 29.9 Å². The molecule has 1 heterocycles. The number of thioether (sulfide) groups is 1. The van der Waals surface area contributed by atoms with E-state index in [0.717, 1.165) is 21.6 Å². The van der Waals surface area contributed by atoms with E-state index >= 15 is 0 Å². The minimum atomic E-state index is -2.27. The summed E-state index contributed by atoms with van der Waals surface area (Å²) in [5.41, 5.74) is 2.98. The molecule has 0 aromatic heterocycles. The summed E-state index contributed by atoms with van der Waals surface area (Å²) in [5.74, 6) is 0. The van der Waals surface area contributed by atoms with E-state index < -0.39 is 20.5 Å². The third-order valence-corrected chi connectivity index (χ3v) is 14.4. The Bertz CT molecular complexity index is 1430. The molecule has 0 bridgehead atoms. The molecule has 4 aromatic carbocycles. The number of benzene rings is 4. The molecule has 46 heavy (non-hydrogen) atoms. The molecule has 244 valence electrons. The lowest BCUT2D eigenvalue weighted by atomic mass is 9.99. The highest BCUT2D eigenvalue weighted by Gasteiger charge is 2.52.